The molecule has 0 heterocycles. The molecule has 12 nitrogen and oxygen atoms in total. The average Bonchev–Trinajstić information content (AvgIpc) is 2.87. The second-order valence-corrected chi connectivity index (χ2v) is 11.8. The number of nitrogens with zero attached hydrogens (tertiary/aromatic N) is 4. The van der Waals surface area contributed by atoms with Crippen LogP contribution >= 0.6 is 0 Å². The first-order chi connectivity index (χ1) is 19.6. The first-order valence-electron chi connectivity index (χ1n) is 13.2. The summed E-state index contributed by atoms with van der Waals surface area (Å²) in [7, 11) is 0. The van der Waals surface area contributed by atoms with E-state index in [-0.39, 0.29) is 99.2 Å². The largest absolute Gasteiger partial charge is 0.478 e. The van der Waals surface area contributed by atoms with E-state index in [4.69, 9.17) is 10.2 Å². The van der Waals surface area contributed by atoms with Gasteiger partial charge in [0.1, 0.15) is 0 Å². The van der Waals surface area contributed by atoms with E-state index in [2.05, 4.69) is 20.5 Å². The normalized spacial score (nSPS) is 18.7. The molecule has 2 aliphatic rings. The van der Waals surface area contributed by atoms with Crippen LogP contribution in [0.4, 0.5) is 11.4 Å². The second-order valence-electron chi connectivity index (χ2n) is 11.8. The summed E-state index contributed by atoms with van der Waals surface area (Å²) in [5, 5.41) is 33.3. The molecule has 2 aromatic rings. The molecule has 13 heteroatoms. The Morgan fingerprint density at radius 1 is 0.605 bits per heavy atom. The molecule has 1 radical (unpaired) electrons. The molecule has 2 aromatic carbocycles. The minimum absolute atomic E-state index is 0. The Kier molecular flexibility index (Phi) is 11.6. The molecular formula is C30H32CuN4O8. The fraction of sp³-hybridized carbons (Fsp3) is 0.400. The van der Waals surface area contributed by atoms with Crippen LogP contribution in [0.25, 0.3) is 0 Å². The molecule has 2 N–H and O–H groups in total. The Hall–Kier alpha value is -4.22. The van der Waals surface area contributed by atoms with E-state index >= 15 is 0 Å². The fourth-order valence-corrected chi connectivity index (χ4v) is 4.74. The number of rotatable bonds is 6. The average molecular weight is 640 g/mol. The Labute approximate surface area is 258 Å². The van der Waals surface area contributed by atoms with Crippen molar-refractivity contribution in [1.29, 1.82) is 0 Å². The number of azo groups is 2. The Morgan fingerprint density at radius 3 is 1.16 bits per heavy atom. The maximum atomic E-state index is 12.0. The summed E-state index contributed by atoms with van der Waals surface area (Å²) in [4.78, 5) is 70.0. The van der Waals surface area contributed by atoms with Gasteiger partial charge >= 0.3 is 11.9 Å². The molecule has 0 aliphatic heterocycles. The van der Waals surface area contributed by atoms with Crippen LogP contribution in [0.2, 0.25) is 0 Å². The van der Waals surface area contributed by atoms with E-state index < -0.39 is 24.0 Å². The molecule has 0 saturated heterocycles. The van der Waals surface area contributed by atoms with Gasteiger partial charge in [0.25, 0.3) is 0 Å². The molecule has 0 aromatic heterocycles. The molecule has 0 bridgehead atoms. The van der Waals surface area contributed by atoms with E-state index in [0.29, 0.717) is 0 Å². The number of carbonyl (C=O) groups excluding carboxylic acids is 4. The maximum Gasteiger partial charge on any atom is 0.337 e. The number of carboxylic acids is 2. The van der Waals surface area contributed by atoms with Crippen molar-refractivity contribution < 1.29 is 56.0 Å². The molecule has 0 atom stereocenters. The van der Waals surface area contributed by atoms with Gasteiger partial charge < -0.3 is 10.2 Å². The zero-order chi connectivity index (χ0) is 31.2. The van der Waals surface area contributed by atoms with Crippen molar-refractivity contribution >= 4 is 46.4 Å². The predicted molar refractivity (Wildman–Crippen MR) is 149 cm³/mol. The predicted octanol–water partition coefficient (Wildman–Crippen LogP) is 5.59. The van der Waals surface area contributed by atoms with Gasteiger partial charge in [-0.3, -0.25) is 19.2 Å². The Bertz CT molecular complexity index is 1350. The van der Waals surface area contributed by atoms with Crippen LogP contribution in [0.1, 0.15) is 74.1 Å². The summed E-state index contributed by atoms with van der Waals surface area (Å²) in [5.74, 6) is -3.35. The number of Topliss-reactive ketones (excluding diaryl/α,β-unsaturated/α-hetero) is 4. The number of ketones is 4. The quantitative estimate of drug-likeness (QED) is 0.232. The first-order valence-corrected chi connectivity index (χ1v) is 13.2. The van der Waals surface area contributed by atoms with Crippen LogP contribution in [0.15, 0.2) is 69.0 Å². The van der Waals surface area contributed by atoms with E-state index in [1.807, 2.05) is 27.7 Å². The van der Waals surface area contributed by atoms with Crippen molar-refractivity contribution in [2.45, 2.75) is 65.5 Å². The summed E-state index contributed by atoms with van der Waals surface area (Å²) in [6.07, 6.45) is 1.07. The van der Waals surface area contributed by atoms with Crippen LogP contribution in [-0.4, -0.2) is 57.4 Å². The van der Waals surface area contributed by atoms with Crippen LogP contribution < -0.4 is 0 Å². The van der Waals surface area contributed by atoms with E-state index in [1.165, 1.54) is 24.3 Å². The van der Waals surface area contributed by atoms with Crippen molar-refractivity contribution in [2.24, 2.45) is 31.3 Å². The number of hydrogen-bond acceptors (Lipinski definition) is 10. The van der Waals surface area contributed by atoms with Gasteiger partial charge in [-0.15, -0.1) is 0 Å². The first kappa shape index (κ1) is 35.0. The molecule has 0 unspecified atom stereocenters. The summed E-state index contributed by atoms with van der Waals surface area (Å²) < 4.78 is 0. The monoisotopic (exact) mass is 639 g/mol. The van der Waals surface area contributed by atoms with Gasteiger partial charge in [0.2, 0.25) is 0 Å². The SMILES string of the molecule is CC1(C)CC(=O)C(N=Nc2ccccc2C(=O)O)C(=O)C1.CC1(C)CC(=O)C(N=Nc2ccccc2C(=O)O)C(=O)C1.[Cu]. The van der Waals surface area contributed by atoms with Gasteiger partial charge in [0.05, 0.1) is 22.5 Å². The summed E-state index contributed by atoms with van der Waals surface area (Å²) >= 11 is 0. The zero-order valence-corrected chi connectivity index (χ0v) is 25.0. The molecular weight excluding hydrogens is 608 g/mol. The number of benzene rings is 2. The van der Waals surface area contributed by atoms with Gasteiger partial charge in [-0.1, -0.05) is 52.0 Å². The van der Waals surface area contributed by atoms with E-state index in [9.17, 15) is 28.8 Å². The smallest absolute Gasteiger partial charge is 0.337 e. The summed E-state index contributed by atoms with van der Waals surface area (Å²) in [5.41, 5.74) is -0.460. The Morgan fingerprint density at radius 2 is 0.884 bits per heavy atom. The third-order valence-electron chi connectivity index (χ3n) is 6.66. The zero-order valence-electron chi connectivity index (χ0n) is 24.0. The third-order valence-corrected chi connectivity index (χ3v) is 6.66. The molecule has 43 heavy (non-hydrogen) atoms. The van der Waals surface area contributed by atoms with Gasteiger partial charge in [-0.05, 0) is 35.1 Å². The van der Waals surface area contributed by atoms with E-state index in [0.717, 1.165) is 0 Å². The van der Waals surface area contributed by atoms with E-state index in [1.54, 1.807) is 24.3 Å². The molecule has 0 spiro atoms. The van der Waals surface area contributed by atoms with Gasteiger partial charge in [-0.25, -0.2) is 9.59 Å². The summed E-state index contributed by atoms with van der Waals surface area (Å²) in [6.45, 7) is 7.43. The maximum absolute atomic E-state index is 12.0. The molecule has 4 rings (SSSR count). The van der Waals surface area contributed by atoms with Crippen molar-refractivity contribution in [2.75, 3.05) is 0 Å². The fourth-order valence-electron chi connectivity index (χ4n) is 4.74. The van der Waals surface area contributed by atoms with Crippen LogP contribution in [0.5, 0.6) is 0 Å². The number of hydrogen-bond donors (Lipinski definition) is 2. The topological polar surface area (TPSA) is 192 Å². The number of carbonyl (C=O) groups is 6. The number of aromatic carboxylic acids is 2. The standard InChI is InChI=1S/2C15H16N2O4.Cu/c2*1-15(2)7-11(18)13(12(19)8-15)17-16-10-6-4-3-5-9(10)14(20)21;/h2*3-6,13H,7-8H2,1-2H3,(H,20,21);. The third kappa shape index (κ3) is 9.39. The van der Waals surface area contributed by atoms with Gasteiger partial charge in [0.15, 0.2) is 35.2 Å². The molecule has 2 aliphatic carbocycles. The van der Waals surface area contributed by atoms with Crippen molar-refractivity contribution in [3.05, 3.63) is 59.7 Å². The van der Waals surface area contributed by atoms with Gasteiger partial charge in [0, 0.05) is 42.8 Å². The second kappa shape index (κ2) is 14.3. The van der Waals surface area contributed by atoms with Crippen LogP contribution in [0.3, 0.4) is 0 Å². The minimum Gasteiger partial charge on any atom is -0.478 e. The van der Waals surface area contributed by atoms with Crippen molar-refractivity contribution in [1.82, 2.24) is 0 Å². The molecule has 0 amide bonds. The molecule has 2 fully saturated rings. The molecule has 2 saturated carbocycles. The van der Waals surface area contributed by atoms with Crippen molar-refractivity contribution in [3.8, 4) is 0 Å². The van der Waals surface area contributed by atoms with Crippen molar-refractivity contribution in [3.63, 3.8) is 0 Å². The molecule has 231 valence electrons. The summed E-state index contributed by atoms with van der Waals surface area (Å²) in [6, 6.07) is 9.91. The van der Waals surface area contributed by atoms with Gasteiger partial charge in [-0.2, -0.15) is 20.5 Å². The van der Waals surface area contributed by atoms with Crippen LogP contribution in [-0.2, 0) is 36.2 Å². The van der Waals surface area contributed by atoms with Crippen LogP contribution in [0, 0.1) is 10.8 Å². The minimum atomic E-state index is -1.13. The Balaban J connectivity index is 0.000000293. The number of carboxylic acid groups (broad SMARTS) is 2.